The zero-order chi connectivity index (χ0) is 19.3. The Hall–Kier alpha value is -2.09. The quantitative estimate of drug-likeness (QED) is 0.734. The molecule has 2 aromatic rings. The Morgan fingerprint density at radius 1 is 1.07 bits per heavy atom. The van der Waals surface area contributed by atoms with Gasteiger partial charge in [-0.1, -0.05) is 12.1 Å². The number of aryl methyl sites for hydroxylation is 1. The largest absolute Gasteiger partial charge is 0.340 e. The van der Waals surface area contributed by atoms with Crippen LogP contribution in [-0.2, 0) is 10.0 Å². The van der Waals surface area contributed by atoms with Gasteiger partial charge in [-0.25, -0.2) is 8.42 Å². The minimum Gasteiger partial charge on any atom is -0.340 e. The van der Waals surface area contributed by atoms with Crippen molar-refractivity contribution in [2.75, 3.05) is 31.9 Å². The van der Waals surface area contributed by atoms with E-state index < -0.39 is 10.0 Å². The van der Waals surface area contributed by atoms with E-state index in [0.29, 0.717) is 24.3 Å². The molecule has 148 valence electrons. The molecule has 1 amide bonds. The van der Waals surface area contributed by atoms with Gasteiger partial charge in [-0.15, -0.1) is 12.4 Å². The molecule has 0 unspecified atom stereocenters. The molecule has 0 fully saturated rings. The van der Waals surface area contributed by atoms with Crippen molar-refractivity contribution in [3.63, 3.8) is 0 Å². The molecule has 0 aliphatic heterocycles. The smallest absolute Gasteiger partial charge is 0.261 e. The number of rotatable bonds is 7. The number of benzene rings is 2. The average molecular weight is 412 g/mol. The lowest BCUT2D eigenvalue weighted by molar-refractivity contribution is 0.0796. The summed E-state index contributed by atoms with van der Waals surface area (Å²) in [4.78, 5) is 14.0. The average Bonchev–Trinajstić information content (AvgIpc) is 2.63. The first kappa shape index (κ1) is 23.0. The summed E-state index contributed by atoms with van der Waals surface area (Å²) in [7, 11) is -0.179. The van der Waals surface area contributed by atoms with Gasteiger partial charge in [0.2, 0.25) is 0 Å². The highest BCUT2D eigenvalue weighted by Crippen LogP contribution is 2.22. The summed E-state index contributed by atoms with van der Waals surface area (Å²) in [6.45, 7) is 5.06. The number of carbonyl (C=O) groups is 1. The second kappa shape index (κ2) is 9.73. The van der Waals surface area contributed by atoms with Crippen LogP contribution in [0.2, 0.25) is 0 Å². The fraction of sp³-hybridized carbons (Fsp3) is 0.316. The van der Waals surface area contributed by atoms with Crippen molar-refractivity contribution in [3.05, 3.63) is 59.2 Å². The Morgan fingerprint density at radius 3 is 2.30 bits per heavy atom. The summed E-state index contributed by atoms with van der Waals surface area (Å²) in [6, 6.07) is 11.4. The molecule has 27 heavy (non-hydrogen) atoms. The minimum absolute atomic E-state index is 0. The van der Waals surface area contributed by atoms with Crippen LogP contribution >= 0.6 is 12.4 Å². The van der Waals surface area contributed by atoms with E-state index in [1.165, 1.54) is 24.3 Å². The van der Waals surface area contributed by atoms with E-state index in [-0.39, 0.29) is 23.2 Å². The first-order valence-corrected chi connectivity index (χ1v) is 9.83. The van der Waals surface area contributed by atoms with Gasteiger partial charge in [0.25, 0.3) is 15.9 Å². The Labute approximate surface area is 167 Å². The molecule has 0 heterocycles. The minimum atomic E-state index is -3.71. The van der Waals surface area contributed by atoms with Crippen LogP contribution in [0.4, 0.5) is 5.69 Å². The van der Waals surface area contributed by atoms with E-state index in [1.807, 2.05) is 33.0 Å². The van der Waals surface area contributed by atoms with E-state index in [9.17, 15) is 13.2 Å². The van der Waals surface area contributed by atoms with Gasteiger partial charge in [0, 0.05) is 25.7 Å². The summed E-state index contributed by atoms with van der Waals surface area (Å²) in [5.74, 6) is -0.147. The van der Waals surface area contributed by atoms with Crippen molar-refractivity contribution in [3.8, 4) is 0 Å². The maximum atomic E-state index is 12.6. The number of sulfonamides is 1. The topological polar surface area (TPSA) is 78.5 Å². The second-order valence-electron chi connectivity index (χ2n) is 6.21. The van der Waals surface area contributed by atoms with Crippen molar-refractivity contribution in [2.24, 2.45) is 0 Å². The molecule has 2 N–H and O–H groups in total. The molecule has 8 heteroatoms. The highest BCUT2D eigenvalue weighted by Gasteiger charge is 2.17. The molecule has 6 nitrogen and oxygen atoms in total. The van der Waals surface area contributed by atoms with Crippen LogP contribution in [0.3, 0.4) is 0 Å². The zero-order valence-electron chi connectivity index (χ0n) is 15.9. The van der Waals surface area contributed by atoms with Gasteiger partial charge in [-0.2, -0.15) is 0 Å². The van der Waals surface area contributed by atoms with E-state index in [2.05, 4.69) is 10.0 Å². The third-order valence-corrected chi connectivity index (χ3v) is 5.69. The maximum absolute atomic E-state index is 12.6. The monoisotopic (exact) mass is 411 g/mol. The molecular formula is C19H26ClN3O3S. The van der Waals surface area contributed by atoms with E-state index in [0.717, 1.165) is 11.1 Å². The van der Waals surface area contributed by atoms with Crippen LogP contribution in [0, 0.1) is 13.8 Å². The fourth-order valence-electron chi connectivity index (χ4n) is 2.44. The lowest BCUT2D eigenvalue weighted by Gasteiger charge is -2.17. The number of likely N-dealkylation sites (N-methyl/N-ethyl adjacent to an activating group) is 2. The predicted molar refractivity (Wildman–Crippen MR) is 111 cm³/mol. The Morgan fingerprint density at radius 2 is 1.70 bits per heavy atom. The molecule has 0 atom stereocenters. The lowest BCUT2D eigenvalue weighted by Crippen LogP contribution is -2.32. The molecule has 0 bridgehead atoms. The van der Waals surface area contributed by atoms with Crippen LogP contribution in [-0.4, -0.2) is 46.4 Å². The van der Waals surface area contributed by atoms with Crippen LogP contribution in [0.15, 0.2) is 47.4 Å². The van der Waals surface area contributed by atoms with Crippen molar-refractivity contribution < 1.29 is 13.2 Å². The Balaban J connectivity index is 0.00000364. The highest BCUT2D eigenvalue weighted by atomic mass is 35.5. The third-order valence-electron chi connectivity index (χ3n) is 4.30. The molecule has 0 aliphatic carbocycles. The number of nitrogens with one attached hydrogen (secondary N) is 2. The molecule has 0 aromatic heterocycles. The van der Waals surface area contributed by atoms with Gasteiger partial charge in [-0.05, 0) is 62.4 Å². The molecule has 0 spiro atoms. The van der Waals surface area contributed by atoms with E-state index in [1.54, 1.807) is 18.0 Å². The molecule has 2 aromatic carbocycles. The standard InChI is InChI=1S/C19H25N3O3S.ClH/c1-14-6-5-7-18(15(14)2)21-26(24,25)17-10-8-16(9-11-17)19(23)22(4)13-12-20-3;/h5-11,20-21H,12-13H2,1-4H3;1H. The molecular weight excluding hydrogens is 386 g/mol. The van der Waals surface area contributed by atoms with Crippen LogP contribution in [0.1, 0.15) is 21.5 Å². The molecule has 0 aliphatic rings. The number of halogens is 1. The summed E-state index contributed by atoms with van der Waals surface area (Å²) < 4.78 is 27.8. The number of nitrogens with zero attached hydrogens (tertiary/aromatic N) is 1. The van der Waals surface area contributed by atoms with Gasteiger partial charge in [0.1, 0.15) is 0 Å². The molecule has 0 saturated heterocycles. The maximum Gasteiger partial charge on any atom is 0.261 e. The van der Waals surface area contributed by atoms with Gasteiger partial charge in [-0.3, -0.25) is 9.52 Å². The van der Waals surface area contributed by atoms with Crippen molar-refractivity contribution in [2.45, 2.75) is 18.7 Å². The van der Waals surface area contributed by atoms with Gasteiger partial charge in [0.15, 0.2) is 0 Å². The number of amides is 1. The molecule has 0 saturated carbocycles. The summed E-state index contributed by atoms with van der Waals surface area (Å²) >= 11 is 0. The van der Waals surface area contributed by atoms with Crippen molar-refractivity contribution in [1.82, 2.24) is 10.2 Å². The van der Waals surface area contributed by atoms with Gasteiger partial charge >= 0.3 is 0 Å². The summed E-state index contributed by atoms with van der Waals surface area (Å²) in [5.41, 5.74) is 2.90. The fourth-order valence-corrected chi connectivity index (χ4v) is 3.57. The van der Waals surface area contributed by atoms with Crippen LogP contribution in [0.25, 0.3) is 0 Å². The first-order chi connectivity index (χ1) is 12.3. The Kier molecular flexibility index (Phi) is 8.27. The first-order valence-electron chi connectivity index (χ1n) is 8.35. The van der Waals surface area contributed by atoms with Gasteiger partial charge in [0.05, 0.1) is 10.6 Å². The third kappa shape index (κ3) is 5.69. The van der Waals surface area contributed by atoms with Crippen molar-refractivity contribution in [1.29, 1.82) is 0 Å². The highest BCUT2D eigenvalue weighted by molar-refractivity contribution is 7.92. The van der Waals surface area contributed by atoms with Crippen LogP contribution < -0.4 is 10.0 Å². The number of anilines is 1. The number of hydrogen-bond donors (Lipinski definition) is 2. The van der Waals surface area contributed by atoms with Crippen LogP contribution in [0.5, 0.6) is 0 Å². The van der Waals surface area contributed by atoms with Gasteiger partial charge < -0.3 is 10.2 Å². The van der Waals surface area contributed by atoms with Crippen molar-refractivity contribution >= 4 is 34.0 Å². The molecule has 0 radical (unpaired) electrons. The predicted octanol–water partition coefficient (Wildman–Crippen LogP) is 2.82. The van der Waals surface area contributed by atoms with E-state index >= 15 is 0 Å². The Bertz CT molecular complexity index is 884. The summed E-state index contributed by atoms with van der Waals surface area (Å²) in [6.07, 6.45) is 0. The molecule has 2 rings (SSSR count). The lowest BCUT2D eigenvalue weighted by atomic mass is 10.1. The number of hydrogen-bond acceptors (Lipinski definition) is 4. The second-order valence-corrected chi connectivity index (χ2v) is 7.89. The zero-order valence-corrected chi connectivity index (χ0v) is 17.6. The summed E-state index contributed by atoms with van der Waals surface area (Å²) in [5, 5.41) is 2.98. The number of carbonyl (C=O) groups excluding carboxylic acids is 1. The SMILES string of the molecule is CNCCN(C)C(=O)c1ccc(S(=O)(=O)Nc2cccc(C)c2C)cc1.Cl. The normalized spacial score (nSPS) is 10.8. The van der Waals surface area contributed by atoms with E-state index in [4.69, 9.17) is 0 Å².